The summed E-state index contributed by atoms with van der Waals surface area (Å²) < 4.78 is 41.5. The number of aliphatic hydroxyl groups excluding tert-OH is 2. The molecule has 5 atom stereocenters. The highest BCUT2D eigenvalue weighted by Gasteiger charge is 2.36. The highest BCUT2D eigenvalue weighted by Crippen LogP contribution is 2.15. The lowest BCUT2D eigenvalue weighted by molar-refractivity contribution is 0.0338. The van der Waals surface area contributed by atoms with Gasteiger partial charge >= 0.3 is 17.6 Å². The van der Waals surface area contributed by atoms with Crippen LogP contribution in [0.1, 0.15) is 74.1 Å². The fraction of sp³-hybridized carbons (Fsp3) is 1.00. The number of hydrogen-bond acceptors (Lipinski definition) is 12. The maximum Gasteiger partial charge on any atom is 0.500 e. The van der Waals surface area contributed by atoms with Gasteiger partial charge in [-0.2, -0.15) is 0 Å². The van der Waals surface area contributed by atoms with Crippen LogP contribution in [0.3, 0.4) is 0 Å². The molecule has 0 bridgehead atoms. The summed E-state index contributed by atoms with van der Waals surface area (Å²) in [7, 11) is 4.90. The molecule has 0 aromatic carbocycles. The third-order valence-corrected chi connectivity index (χ3v) is 12.4. The van der Waals surface area contributed by atoms with E-state index in [1.165, 1.54) is 6.42 Å². The van der Waals surface area contributed by atoms with Gasteiger partial charge in [-0.1, -0.05) is 34.1 Å². The maximum atomic E-state index is 9.88. The van der Waals surface area contributed by atoms with E-state index in [-0.39, 0.29) is 6.10 Å². The van der Waals surface area contributed by atoms with Crippen molar-refractivity contribution in [2.75, 3.05) is 82.2 Å². The standard InChI is InChI=1S/C15H35NO5Si.C12H27NO2.C4H12O3Si/c1-13(2)10-14(3)16-11-15(17)12-21-8-7-9-22(18-4,19-5)20-6;1-5-10(3)7-11(4)13-8-12(14)9-15-6-2;1-5-8(4,6-2)7-3/h13-17H,7-12H2,1-6H3;10-14H,5-9H2,1-4H3;1-4H3. The van der Waals surface area contributed by atoms with Gasteiger partial charge in [0.2, 0.25) is 0 Å². The molecule has 0 aliphatic rings. The van der Waals surface area contributed by atoms with Crippen LogP contribution in [0.4, 0.5) is 0 Å². The van der Waals surface area contributed by atoms with Crippen LogP contribution in [0.15, 0.2) is 0 Å². The normalized spacial score (nSPS) is 15.4. The van der Waals surface area contributed by atoms with Gasteiger partial charge < -0.3 is 56.9 Å². The molecule has 0 rings (SSSR count). The van der Waals surface area contributed by atoms with E-state index in [1.807, 2.05) is 13.5 Å². The van der Waals surface area contributed by atoms with Gasteiger partial charge in [0.05, 0.1) is 25.4 Å². The Balaban J connectivity index is -0.000000659. The predicted molar refractivity (Wildman–Crippen MR) is 187 cm³/mol. The van der Waals surface area contributed by atoms with Gasteiger partial charge in [-0.05, 0) is 51.9 Å². The molecule has 0 heterocycles. The summed E-state index contributed by atoms with van der Waals surface area (Å²) >= 11 is 0. The zero-order chi connectivity index (χ0) is 35.3. The molecule has 0 saturated carbocycles. The second kappa shape index (κ2) is 31.2. The molecule has 0 aliphatic heterocycles. The maximum absolute atomic E-state index is 9.88. The fourth-order valence-electron chi connectivity index (χ4n) is 4.11. The minimum Gasteiger partial charge on any atom is -0.389 e. The number of nitrogens with one attached hydrogen (secondary N) is 2. The van der Waals surface area contributed by atoms with E-state index >= 15 is 0 Å². The van der Waals surface area contributed by atoms with Crippen molar-refractivity contribution < 1.29 is 46.2 Å². The van der Waals surface area contributed by atoms with Crippen LogP contribution in [-0.2, 0) is 36.0 Å². The van der Waals surface area contributed by atoms with E-state index in [2.05, 4.69) is 52.2 Å². The highest BCUT2D eigenvalue weighted by molar-refractivity contribution is 6.60. The van der Waals surface area contributed by atoms with Crippen molar-refractivity contribution in [2.24, 2.45) is 11.8 Å². The molecule has 0 aromatic rings. The highest BCUT2D eigenvalue weighted by atomic mass is 28.4. The lowest BCUT2D eigenvalue weighted by atomic mass is 10.0. The Morgan fingerprint density at radius 1 is 0.644 bits per heavy atom. The second-order valence-corrected chi connectivity index (χ2v) is 18.0. The molecule has 5 unspecified atom stereocenters. The molecule has 0 radical (unpaired) electrons. The van der Waals surface area contributed by atoms with E-state index in [1.54, 1.807) is 42.7 Å². The van der Waals surface area contributed by atoms with Gasteiger partial charge in [0.25, 0.3) is 0 Å². The van der Waals surface area contributed by atoms with Gasteiger partial charge in [-0.25, -0.2) is 0 Å². The zero-order valence-electron chi connectivity index (χ0n) is 31.4. The van der Waals surface area contributed by atoms with Gasteiger partial charge in [0, 0.05) is 93.6 Å². The lowest BCUT2D eigenvalue weighted by Gasteiger charge is -2.24. The third kappa shape index (κ3) is 29.8. The van der Waals surface area contributed by atoms with E-state index in [0.29, 0.717) is 63.6 Å². The van der Waals surface area contributed by atoms with E-state index < -0.39 is 23.7 Å². The van der Waals surface area contributed by atoms with E-state index in [4.69, 9.17) is 36.0 Å². The molecule has 0 saturated heterocycles. The van der Waals surface area contributed by atoms with Crippen LogP contribution in [0.5, 0.6) is 0 Å². The second-order valence-electron chi connectivity index (χ2n) is 11.9. The molecule has 45 heavy (non-hydrogen) atoms. The Labute approximate surface area is 279 Å². The van der Waals surface area contributed by atoms with Crippen LogP contribution < -0.4 is 10.6 Å². The van der Waals surface area contributed by atoms with Crippen molar-refractivity contribution in [2.45, 2.75) is 111 Å². The summed E-state index contributed by atoms with van der Waals surface area (Å²) in [5.74, 6) is 1.40. The molecule has 0 aromatic heterocycles. The Morgan fingerprint density at radius 2 is 1.09 bits per heavy atom. The molecule has 14 heteroatoms. The van der Waals surface area contributed by atoms with Gasteiger partial charge in [0.15, 0.2) is 0 Å². The zero-order valence-corrected chi connectivity index (χ0v) is 33.4. The Kier molecular flexibility index (Phi) is 34.2. The molecule has 0 aliphatic carbocycles. The lowest BCUT2D eigenvalue weighted by Crippen LogP contribution is -2.42. The first-order valence-electron chi connectivity index (χ1n) is 16.5. The molecule has 12 nitrogen and oxygen atoms in total. The first kappa shape index (κ1) is 49.3. The van der Waals surface area contributed by atoms with Crippen LogP contribution in [0.2, 0.25) is 12.6 Å². The van der Waals surface area contributed by atoms with Crippen LogP contribution >= 0.6 is 0 Å². The Hall–Kier alpha value is -0.0462. The van der Waals surface area contributed by atoms with Crippen LogP contribution in [0.25, 0.3) is 0 Å². The topological polar surface area (TPSA) is 138 Å². The molecular formula is C31H74N2O10Si2. The quantitative estimate of drug-likeness (QED) is 0.0773. The molecule has 276 valence electrons. The first-order valence-corrected chi connectivity index (χ1v) is 20.6. The van der Waals surface area contributed by atoms with Crippen molar-refractivity contribution in [3.63, 3.8) is 0 Å². The fourth-order valence-corrected chi connectivity index (χ4v) is 6.30. The van der Waals surface area contributed by atoms with Crippen LogP contribution in [0, 0.1) is 11.8 Å². The minimum absolute atomic E-state index is 0.336. The number of aliphatic hydroxyl groups is 2. The summed E-state index contributed by atoms with van der Waals surface area (Å²) in [6, 6.07) is 1.58. The molecule has 0 fully saturated rings. The van der Waals surface area contributed by atoms with Crippen molar-refractivity contribution in [1.82, 2.24) is 10.6 Å². The molecule has 4 N–H and O–H groups in total. The Morgan fingerprint density at radius 3 is 1.44 bits per heavy atom. The predicted octanol–water partition coefficient (Wildman–Crippen LogP) is 3.95. The van der Waals surface area contributed by atoms with Crippen molar-refractivity contribution in [3.8, 4) is 0 Å². The van der Waals surface area contributed by atoms with E-state index in [9.17, 15) is 10.2 Å². The Bertz CT molecular complexity index is 604. The smallest absolute Gasteiger partial charge is 0.389 e. The summed E-state index contributed by atoms with van der Waals surface area (Å²) in [6.45, 7) is 20.1. The average Bonchev–Trinajstić information content (AvgIpc) is 3.03. The summed E-state index contributed by atoms with van der Waals surface area (Å²) in [5.41, 5.74) is 0. The molecule has 0 amide bonds. The summed E-state index contributed by atoms with van der Waals surface area (Å²) in [4.78, 5) is 0. The largest absolute Gasteiger partial charge is 0.500 e. The SMILES string of the molecule is CCOCC(O)CNC(C)CC(C)CC.CO[Si](C)(OC)OC.CO[Si](CCCOCC(O)CNC(C)CC(C)C)(OC)OC. The number of ether oxygens (including phenoxy) is 2. The monoisotopic (exact) mass is 690 g/mol. The summed E-state index contributed by atoms with van der Waals surface area (Å²) in [6.07, 6.45) is 3.40. The average molecular weight is 691 g/mol. The number of hydrogen-bond donors (Lipinski definition) is 4. The number of rotatable bonds is 26. The summed E-state index contributed by atoms with van der Waals surface area (Å²) in [5, 5.41) is 26.1. The third-order valence-electron chi connectivity index (χ3n) is 7.32. The van der Waals surface area contributed by atoms with Crippen molar-refractivity contribution >= 4 is 17.6 Å². The van der Waals surface area contributed by atoms with Crippen molar-refractivity contribution in [3.05, 3.63) is 0 Å². The van der Waals surface area contributed by atoms with Gasteiger partial charge in [-0.15, -0.1) is 0 Å². The van der Waals surface area contributed by atoms with Crippen LogP contribution in [-0.4, -0.2) is 134 Å². The first-order chi connectivity index (χ1) is 21.2. The van der Waals surface area contributed by atoms with E-state index in [0.717, 1.165) is 25.2 Å². The van der Waals surface area contributed by atoms with Gasteiger partial charge in [-0.3, -0.25) is 0 Å². The minimum atomic E-state index is -2.50. The van der Waals surface area contributed by atoms with Gasteiger partial charge in [0.1, 0.15) is 0 Å². The molecular weight excluding hydrogens is 617 g/mol. The molecule has 0 spiro atoms. The van der Waals surface area contributed by atoms with Crippen molar-refractivity contribution in [1.29, 1.82) is 0 Å².